The number of aromatic amines is 1. The summed E-state index contributed by atoms with van der Waals surface area (Å²) >= 11 is 7.67. The average Bonchev–Trinajstić information content (AvgIpc) is 3.58. The molecule has 1 saturated heterocycles. The van der Waals surface area contributed by atoms with Gasteiger partial charge in [0, 0.05) is 41.9 Å². The van der Waals surface area contributed by atoms with Gasteiger partial charge in [0.25, 0.3) is 12.4 Å². The summed E-state index contributed by atoms with van der Waals surface area (Å²) in [5.74, 6) is 0.132. The Morgan fingerprint density at radius 2 is 1.93 bits per heavy atom. The average molecular weight is 583 g/mol. The van der Waals surface area contributed by atoms with E-state index in [-0.39, 0.29) is 11.5 Å². The lowest BCUT2D eigenvalue weighted by Gasteiger charge is -2.27. The molecule has 3 N–H and O–H groups in total. The van der Waals surface area contributed by atoms with Gasteiger partial charge in [-0.05, 0) is 64.4 Å². The van der Waals surface area contributed by atoms with Crippen molar-refractivity contribution in [3.8, 4) is 21.7 Å². The van der Waals surface area contributed by atoms with Gasteiger partial charge >= 0.3 is 6.03 Å². The quantitative estimate of drug-likeness (QED) is 0.188. The third kappa shape index (κ3) is 6.43. The number of hydrogen-bond donors (Lipinski definition) is 3. The van der Waals surface area contributed by atoms with Crippen LogP contribution in [0.15, 0.2) is 48.8 Å². The molecule has 4 aromatic rings. The van der Waals surface area contributed by atoms with Gasteiger partial charge in [0.2, 0.25) is 5.95 Å². The number of aromatic nitrogens is 3. The molecule has 1 aromatic carbocycles. The number of imide groups is 1. The Morgan fingerprint density at radius 3 is 2.52 bits per heavy atom. The summed E-state index contributed by atoms with van der Waals surface area (Å²) in [4.78, 5) is 48.6. The van der Waals surface area contributed by atoms with Crippen molar-refractivity contribution in [2.24, 2.45) is 0 Å². The number of nitrogens with one attached hydrogen (secondary N) is 3. The third-order valence-corrected chi connectivity index (χ3v) is 7.43. The van der Waals surface area contributed by atoms with E-state index in [1.165, 1.54) is 16.2 Å². The van der Waals surface area contributed by atoms with Gasteiger partial charge in [0.15, 0.2) is 0 Å². The molecule has 0 atom stereocenters. The van der Waals surface area contributed by atoms with Crippen molar-refractivity contribution >= 4 is 58.2 Å². The minimum absolute atomic E-state index is 0.302. The van der Waals surface area contributed by atoms with Crippen LogP contribution in [0.2, 0.25) is 4.34 Å². The maximum Gasteiger partial charge on any atom is 0.325 e. The fourth-order valence-corrected chi connectivity index (χ4v) is 5.16. The number of benzene rings is 1. The Bertz CT molecular complexity index is 1540. The van der Waals surface area contributed by atoms with Crippen LogP contribution in [-0.4, -0.2) is 62.5 Å². The van der Waals surface area contributed by atoms with Crippen LogP contribution in [0, 0.1) is 0 Å². The third-order valence-electron chi connectivity index (χ3n) is 6.20. The molecule has 1 aliphatic heterocycles. The van der Waals surface area contributed by atoms with Gasteiger partial charge in [-0.15, -0.1) is 11.3 Å². The lowest BCUT2D eigenvalue weighted by Crippen LogP contribution is -2.46. The van der Waals surface area contributed by atoms with Crippen LogP contribution in [0.5, 0.6) is 0 Å². The predicted molar refractivity (Wildman–Crippen MR) is 157 cm³/mol. The zero-order chi connectivity index (χ0) is 29.1. The van der Waals surface area contributed by atoms with Crippen molar-refractivity contribution in [3.63, 3.8) is 0 Å². The standard InChI is InChI=1S/C23H21ClN6O2S.C5H10O2/c1-23(2)20(31)29-22(32)30(23)11-10-26-21-27-12-15(19(28-21)17-6-7-18(24)33-17)13-4-3-5-16-14(13)8-9-25-16;1-5(2,3)7-4-6/h3-9,12,25H,10-11H2,1-2H3,(H,26,27,28)(H,29,31,32);4H,1-3H3. The van der Waals surface area contributed by atoms with Gasteiger partial charge < -0.3 is 19.9 Å². The zero-order valence-corrected chi connectivity index (χ0v) is 24.4. The first-order valence-electron chi connectivity index (χ1n) is 12.6. The Kier molecular flexibility index (Phi) is 8.45. The largest absolute Gasteiger partial charge is 0.462 e. The number of thiophene rings is 1. The monoisotopic (exact) mass is 582 g/mol. The van der Waals surface area contributed by atoms with Gasteiger partial charge in [-0.3, -0.25) is 14.9 Å². The van der Waals surface area contributed by atoms with E-state index in [9.17, 15) is 14.4 Å². The van der Waals surface area contributed by atoms with Gasteiger partial charge in [-0.25, -0.2) is 14.8 Å². The predicted octanol–water partition coefficient (Wildman–Crippen LogP) is 5.71. The van der Waals surface area contributed by atoms with Crippen LogP contribution in [0.3, 0.4) is 0 Å². The van der Waals surface area contributed by atoms with E-state index in [0.717, 1.165) is 32.6 Å². The number of fused-ring (bicyclic) bond motifs is 1. The Balaban J connectivity index is 0.000000470. The SMILES string of the molecule is CC(C)(C)OC=O.CC1(C)C(=O)NC(=O)N1CCNc1ncc(-c2cccc3[nH]ccc23)c(-c2ccc(Cl)s2)n1. The number of anilines is 1. The van der Waals surface area contributed by atoms with E-state index in [1.807, 2.05) is 63.4 Å². The molecular formula is C28H31ClN6O4S. The lowest BCUT2D eigenvalue weighted by atomic mass is 10.0. The highest BCUT2D eigenvalue weighted by atomic mass is 35.5. The number of urea groups is 1. The number of rotatable bonds is 7. The van der Waals surface area contributed by atoms with Crippen molar-refractivity contribution in [1.29, 1.82) is 0 Å². The summed E-state index contributed by atoms with van der Waals surface area (Å²) in [7, 11) is 0. The normalized spacial score (nSPS) is 14.5. The summed E-state index contributed by atoms with van der Waals surface area (Å²) < 4.78 is 5.23. The molecule has 0 radical (unpaired) electrons. The van der Waals surface area contributed by atoms with E-state index < -0.39 is 11.6 Å². The van der Waals surface area contributed by atoms with E-state index >= 15 is 0 Å². The van der Waals surface area contributed by atoms with Crippen LogP contribution >= 0.6 is 22.9 Å². The minimum Gasteiger partial charge on any atom is -0.462 e. The number of hydrogen-bond acceptors (Lipinski definition) is 8. The van der Waals surface area contributed by atoms with Crippen LogP contribution in [0.25, 0.3) is 32.6 Å². The highest BCUT2D eigenvalue weighted by Gasteiger charge is 2.45. The Morgan fingerprint density at radius 1 is 1.15 bits per heavy atom. The molecular weight excluding hydrogens is 552 g/mol. The molecule has 0 aliphatic carbocycles. The second-order valence-corrected chi connectivity index (χ2v) is 12.2. The summed E-state index contributed by atoms with van der Waals surface area (Å²) in [5, 5.41) is 6.62. The second-order valence-electron chi connectivity index (χ2n) is 10.5. The fourth-order valence-electron chi connectivity index (χ4n) is 4.11. The van der Waals surface area contributed by atoms with E-state index in [1.54, 1.807) is 20.0 Å². The summed E-state index contributed by atoms with van der Waals surface area (Å²) in [6.45, 7) is 10.1. The number of ether oxygens (including phenoxy) is 1. The summed E-state index contributed by atoms with van der Waals surface area (Å²) in [5.41, 5.74) is 2.52. The van der Waals surface area contributed by atoms with Crippen LogP contribution in [-0.2, 0) is 14.3 Å². The lowest BCUT2D eigenvalue weighted by molar-refractivity contribution is -0.138. The molecule has 0 bridgehead atoms. The smallest absolute Gasteiger partial charge is 0.325 e. The number of nitrogens with zero attached hydrogens (tertiary/aromatic N) is 3. The summed E-state index contributed by atoms with van der Waals surface area (Å²) in [6, 6.07) is 11.5. The minimum atomic E-state index is -0.891. The van der Waals surface area contributed by atoms with Crippen molar-refractivity contribution in [1.82, 2.24) is 25.2 Å². The van der Waals surface area contributed by atoms with Crippen LogP contribution in [0.4, 0.5) is 10.7 Å². The van der Waals surface area contributed by atoms with Crippen molar-refractivity contribution < 1.29 is 19.1 Å². The molecule has 5 rings (SSSR count). The number of H-pyrrole nitrogens is 1. The zero-order valence-electron chi connectivity index (χ0n) is 22.9. The van der Waals surface area contributed by atoms with Crippen molar-refractivity contribution in [2.75, 3.05) is 18.4 Å². The first-order valence-corrected chi connectivity index (χ1v) is 13.8. The number of halogens is 1. The maximum absolute atomic E-state index is 12.1. The van der Waals surface area contributed by atoms with Gasteiger partial charge in [0.1, 0.15) is 11.1 Å². The molecule has 12 heteroatoms. The van der Waals surface area contributed by atoms with E-state index in [0.29, 0.717) is 29.8 Å². The molecule has 0 spiro atoms. The molecule has 10 nitrogen and oxygen atoms in total. The molecule has 210 valence electrons. The van der Waals surface area contributed by atoms with Gasteiger partial charge in [0.05, 0.1) is 14.9 Å². The van der Waals surface area contributed by atoms with Gasteiger partial charge in [-0.2, -0.15) is 0 Å². The number of carbonyl (C=O) groups is 3. The molecule has 1 fully saturated rings. The highest BCUT2D eigenvalue weighted by molar-refractivity contribution is 7.19. The molecule has 40 heavy (non-hydrogen) atoms. The number of carbonyl (C=O) groups excluding carboxylic acids is 3. The van der Waals surface area contributed by atoms with E-state index in [4.69, 9.17) is 16.6 Å². The molecule has 3 amide bonds. The van der Waals surface area contributed by atoms with Gasteiger partial charge in [-0.1, -0.05) is 23.7 Å². The highest BCUT2D eigenvalue weighted by Crippen LogP contribution is 2.38. The Hall–Kier alpha value is -3.96. The fraction of sp³-hybridized carbons (Fsp3) is 0.321. The molecule has 0 saturated carbocycles. The number of amides is 3. The van der Waals surface area contributed by atoms with Crippen LogP contribution < -0.4 is 10.6 Å². The first-order chi connectivity index (χ1) is 18.9. The Labute approximate surface area is 241 Å². The first kappa shape index (κ1) is 29.0. The second kappa shape index (κ2) is 11.6. The molecule has 3 aromatic heterocycles. The molecule has 4 heterocycles. The van der Waals surface area contributed by atoms with Crippen LogP contribution in [0.1, 0.15) is 34.6 Å². The molecule has 1 aliphatic rings. The summed E-state index contributed by atoms with van der Waals surface area (Å²) in [6.07, 6.45) is 3.71. The van der Waals surface area contributed by atoms with E-state index in [2.05, 4.69) is 25.3 Å². The molecule has 0 unspecified atom stereocenters. The van der Waals surface area contributed by atoms with Crippen molar-refractivity contribution in [2.45, 2.75) is 45.8 Å². The topological polar surface area (TPSA) is 129 Å². The maximum atomic E-state index is 12.1. The van der Waals surface area contributed by atoms with Crippen molar-refractivity contribution in [3.05, 3.63) is 53.1 Å².